The number of anilines is 1. The van der Waals surface area contributed by atoms with Crippen molar-refractivity contribution in [2.24, 2.45) is 0 Å². The Bertz CT molecular complexity index is 610. The van der Waals surface area contributed by atoms with Gasteiger partial charge >= 0.3 is 0 Å². The first-order valence-corrected chi connectivity index (χ1v) is 6.22. The van der Waals surface area contributed by atoms with Crippen molar-refractivity contribution >= 4 is 5.69 Å². The van der Waals surface area contributed by atoms with E-state index in [-0.39, 0.29) is 6.04 Å². The lowest BCUT2D eigenvalue weighted by Gasteiger charge is -2.27. The molecule has 0 bridgehead atoms. The summed E-state index contributed by atoms with van der Waals surface area (Å²) in [5.74, 6) is 0. The van der Waals surface area contributed by atoms with Crippen molar-refractivity contribution < 1.29 is 0 Å². The van der Waals surface area contributed by atoms with Crippen LogP contribution in [0.4, 0.5) is 5.69 Å². The molecule has 2 aromatic carbocycles. The number of rotatable bonds is 1. The molecule has 2 heteroatoms. The van der Waals surface area contributed by atoms with E-state index in [4.69, 9.17) is 5.26 Å². The number of nitriles is 1. The van der Waals surface area contributed by atoms with Crippen LogP contribution in [0.25, 0.3) is 0 Å². The molecular formula is C16H14N2. The van der Waals surface area contributed by atoms with Crippen LogP contribution in [-0.2, 0) is 6.42 Å². The first-order chi connectivity index (χ1) is 8.88. The van der Waals surface area contributed by atoms with E-state index in [1.807, 2.05) is 30.3 Å². The third kappa shape index (κ3) is 1.84. The van der Waals surface area contributed by atoms with E-state index in [9.17, 15) is 0 Å². The molecule has 0 saturated carbocycles. The zero-order chi connectivity index (χ0) is 12.4. The largest absolute Gasteiger partial charge is 0.378 e. The molecule has 3 rings (SSSR count). The van der Waals surface area contributed by atoms with Crippen LogP contribution in [0.1, 0.15) is 29.2 Å². The molecule has 1 atom stereocenters. The minimum absolute atomic E-state index is 0.246. The molecule has 88 valence electrons. The van der Waals surface area contributed by atoms with Gasteiger partial charge in [0.05, 0.1) is 17.7 Å². The van der Waals surface area contributed by atoms with E-state index in [0.29, 0.717) is 0 Å². The molecule has 0 saturated heterocycles. The van der Waals surface area contributed by atoms with Gasteiger partial charge in [-0.1, -0.05) is 36.4 Å². The first-order valence-electron chi connectivity index (χ1n) is 6.22. The lowest BCUT2D eigenvalue weighted by atomic mass is 9.91. The van der Waals surface area contributed by atoms with E-state index in [1.54, 1.807) is 0 Å². The molecule has 0 aliphatic carbocycles. The van der Waals surface area contributed by atoms with Crippen LogP contribution in [0.5, 0.6) is 0 Å². The summed E-state index contributed by atoms with van der Waals surface area (Å²) in [6, 6.07) is 18.8. The highest BCUT2D eigenvalue weighted by Gasteiger charge is 2.20. The predicted molar refractivity (Wildman–Crippen MR) is 72.3 cm³/mol. The van der Waals surface area contributed by atoms with Gasteiger partial charge in [0.1, 0.15) is 0 Å². The Morgan fingerprint density at radius 1 is 1.06 bits per heavy atom. The number of benzene rings is 2. The fraction of sp³-hybridized carbons (Fsp3) is 0.188. The Kier molecular flexibility index (Phi) is 2.74. The summed E-state index contributed by atoms with van der Waals surface area (Å²) in [6.45, 7) is 0. The van der Waals surface area contributed by atoms with E-state index in [0.717, 1.165) is 24.0 Å². The van der Waals surface area contributed by atoms with Crippen molar-refractivity contribution in [1.29, 1.82) is 5.26 Å². The Morgan fingerprint density at radius 2 is 1.83 bits per heavy atom. The maximum absolute atomic E-state index is 9.17. The van der Waals surface area contributed by atoms with Crippen LogP contribution in [0, 0.1) is 11.3 Å². The average molecular weight is 234 g/mol. The molecule has 0 radical (unpaired) electrons. The van der Waals surface area contributed by atoms with Crippen molar-refractivity contribution in [2.45, 2.75) is 18.9 Å². The zero-order valence-corrected chi connectivity index (χ0v) is 10.1. The summed E-state index contributed by atoms with van der Waals surface area (Å²) < 4.78 is 0. The number of nitrogens with one attached hydrogen (secondary N) is 1. The van der Waals surface area contributed by atoms with Gasteiger partial charge in [-0.25, -0.2) is 0 Å². The number of hydrogen-bond donors (Lipinski definition) is 1. The van der Waals surface area contributed by atoms with Gasteiger partial charge in [-0.2, -0.15) is 5.26 Å². The van der Waals surface area contributed by atoms with Crippen molar-refractivity contribution in [2.75, 3.05) is 5.32 Å². The fourth-order valence-corrected chi connectivity index (χ4v) is 2.57. The van der Waals surface area contributed by atoms with Crippen LogP contribution >= 0.6 is 0 Å². The van der Waals surface area contributed by atoms with E-state index >= 15 is 0 Å². The van der Waals surface area contributed by atoms with Gasteiger partial charge in [-0.15, -0.1) is 0 Å². The molecular weight excluding hydrogens is 220 g/mol. The average Bonchev–Trinajstić information content (AvgIpc) is 2.46. The smallest absolute Gasteiger partial charge is 0.0995 e. The minimum atomic E-state index is 0.246. The molecule has 0 amide bonds. The van der Waals surface area contributed by atoms with Gasteiger partial charge in [0.15, 0.2) is 0 Å². The molecule has 2 aromatic rings. The van der Waals surface area contributed by atoms with E-state index in [1.165, 1.54) is 11.3 Å². The summed E-state index contributed by atoms with van der Waals surface area (Å²) in [4.78, 5) is 0. The standard InChI is InChI=1S/C16H14N2/c17-11-13-6-1-3-7-14(13)16-10-9-12-5-2-4-8-15(12)18-16/h1-8,16,18H,9-10H2. The highest BCUT2D eigenvalue weighted by Crippen LogP contribution is 2.33. The Morgan fingerprint density at radius 3 is 2.72 bits per heavy atom. The molecule has 0 spiro atoms. The number of hydrogen-bond acceptors (Lipinski definition) is 2. The highest BCUT2D eigenvalue weighted by molar-refractivity contribution is 5.56. The fourth-order valence-electron chi connectivity index (χ4n) is 2.57. The van der Waals surface area contributed by atoms with Crippen molar-refractivity contribution in [3.05, 3.63) is 65.2 Å². The lowest BCUT2D eigenvalue weighted by Crippen LogP contribution is -2.18. The molecule has 1 aliphatic heterocycles. The van der Waals surface area contributed by atoms with Crippen molar-refractivity contribution in [3.63, 3.8) is 0 Å². The molecule has 0 aromatic heterocycles. The molecule has 1 unspecified atom stereocenters. The molecule has 2 nitrogen and oxygen atoms in total. The zero-order valence-electron chi connectivity index (χ0n) is 10.1. The molecule has 1 heterocycles. The van der Waals surface area contributed by atoms with Crippen LogP contribution in [0.15, 0.2) is 48.5 Å². The Hall–Kier alpha value is -2.27. The van der Waals surface area contributed by atoms with Gasteiger partial charge < -0.3 is 5.32 Å². The second-order valence-corrected chi connectivity index (χ2v) is 4.59. The topological polar surface area (TPSA) is 35.8 Å². The molecule has 1 aliphatic rings. The summed E-state index contributed by atoms with van der Waals surface area (Å²) >= 11 is 0. The second-order valence-electron chi connectivity index (χ2n) is 4.59. The van der Waals surface area contributed by atoms with Crippen LogP contribution < -0.4 is 5.32 Å². The number of nitrogens with zero attached hydrogens (tertiary/aromatic N) is 1. The lowest BCUT2D eigenvalue weighted by molar-refractivity contribution is 0.666. The van der Waals surface area contributed by atoms with E-state index < -0.39 is 0 Å². The van der Waals surface area contributed by atoms with Crippen molar-refractivity contribution in [3.8, 4) is 6.07 Å². The quantitative estimate of drug-likeness (QED) is 0.817. The third-order valence-electron chi connectivity index (χ3n) is 3.51. The summed E-state index contributed by atoms with van der Waals surface area (Å²) in [6.07, 6.45) is 2.10. The van der Waals surface area contributed by atoms with Gasteiger partial charge in [-0.3, -0.25) is 0 Å². The second kappa shape index (κ2) is 4.54. The highest BCUT2D eigenvalue weighted by atomic mass is 14.9. The SMILES string of the molecule is N#Cc1ccccc1C1CCc2ccccc2N1. The van der Waals surface area contributed by atoms with Crippen LogP contribution in [0.2, 0.25) is 0 Å². The summed E-state index contributed by atoms with van der Waals surface area (Å²) in [7, 11) is 0. The van der Waals surface area contributed by atoms with Gasteiger partial charge in [0.2, 0.25) is 0 Å². The van der Waals surface area contributed by atoms with Gasteiger partial charge in [-0.05, 0) is 36.1 Å². The molecule has 18 heavy (non-hydrogen) atoms. The maximum atomic E-state index is 9.17. The first kappa shape index (κ1) is 10.9. The number of fused-ring (bicyclic) bond motifs is 1. The number of para-hydroxylation sites is 1. The Labute approximate surface area is 107 Å². The third-order valence-corrected chi connectivity index (χ3v) is 3.51. The Balaban J connectivity index is 1.95. The van der Waals surface area contributed by atoms with Crippen molar-refractivity contribution in [1.82, 2.24) is 0 Å². The normalized spacial score (nSPS) is 17.4. The van der Waals surface area contributed by atoms with Crippen LogP contribution in [-0.4, -0.2) is 0 Å². The van der Waals surface area contributed by atoms with E-state index in [2.05, 4.69) is 29.6 Å². The minimum Gasteiger partial charge on any atom is -0.378 e. The molecule has 0 fully saturated rings. The summed E-state index contributed by atoms with van der Waals surface area (Å²) in [5, 5.41) is 12.7. The summed E-state index contributed by atoms with van der Waals surface area (Å²) in [5.41, 5.74) is 4.44. The monoisotopic (exact) mass is 234 g/mol. The van der Waals surface area contributed by atoms with Gasteiger partial charge in [0, 0.05) is 5.69 Å². The number of aryl methyl sites for hydroxylation is 1. The molecule has 1 N–H and O–H groups in total. The maximum Gasteiger partial charge on any atom is 0.0995 e. The van der Waals surface area contributed by atoms with Gasteiger partial charge in [0.25, 0.3) is 0 Å². The van der Waals surface area contributed by atoms with Crippen LogP contribution in [0.3, 0.4) is 0 Å². The predicted octanol–water partition coefficient (Wildman–Crippen LogP) is 3.66.